The van der Waals surface area contributed by atoms with Gasteiger partial charge in [-0.15, -0.1) is 0 Å². The van der Waals surface area contributed by atoms with Crippen molar-refractivity contribution in [1.82, 2.24) is 13.7 Å². The molecule has 282 valence electrons. The molecule has 12 aromatic rings. The lowest BCUT2D eigenvalue weighted by molar-refractivity contribution is 1.05. The van der Waals surface area contributed by atoms with E-state index < -0.39 is 0 Å². The summed E-state index contributed by atoms with van der Waals surface area (Å²) < 4.78 is 7.34. The van der Waals surface area contributed by atoms with Crippen LogP contribution in [0.4, 0.5) is 5.69 Å². The fraction of sp³-hybridized carbons (Fsp3) is 0. The van der Waals surface area contributed by atoms with Gasteiger partial charge in [0.15, 0.2) is 5.69 Å². The van der Waals surface area contributed by atoms with E-state index in [0.29, 0.717) is 11.3 Å². The second kappa shape index (κ2) is 13.5. The van der Waals surface area contributed by atoms with Gasteiger partial charge in [0.1, 0.15) is 0 Å². The molecule has 0 saturated heterocycles. The van der Waals surface area contributed by atoms with Crippen molar-refractivity contribution in [1.29, 1.82) is 5.26 Å². The van der Waals surface area contributed by atoms with Crippen LogP contribution in [0.5, 0.6) is 0 Å². The highest BCUT2D eigenvalue weighted by Crippen LogP contribution is 2.50. The number of hydrogen-bond donors (Lipinski definition) is 0. The molecule has 0 aliphatic heterocycles. The maximum atomic E-state index is 10.4. The summed E-state index contributed by atoms with van der Waals surface area (Å²) in [5.74, 6) is 0. The van der Waals surface area contributed by atoms with E-state index in [4.69, 9.17) is 6.57 Å². The zero-order valence-electron chi connectivity index (χ0n) is 32.8. The first-order chi connectivity index (χ1) is 30.2. The molecule has 0 spiro atoms. The van der Waals surface area contributed by atoms with Crippen LogP contribution in [0.1, 0.15) is 5.56 Å². The maximum absolute atomic E-state index is 10.4. The topological polar surface area (TPSA) is 42.9 Å². The van der Waals surface area contributed by atoms with Crippen LogP contribution in [0.2, 0.25) is 0 Å². The van der Waals surface area contributed by atoms with Crippen LogP contribution in [0, 0.1) is 17.9 Å². The third-order valence-electron chi connectivity index (χ3n) is 12.2. The molecule has 0 radical (unpaired) electrons. The van der Waals surface area contributed by atoms with Gasteiger partial charge in [-0.2, -0.15) is 5.26 Å². The number of fused-ring (bicyclic) bond motifs is 9. The second-order valence-corrected chi connectivity index (χ2v) is 15.5. The predicted octanol–water partition coefficient (Wildman–Crippen LogP) is 14.7. The van der Waals surface area contributed by atoms with Gasteiger partial charge in [0.05, 0.1) is 62.8 Å². The highest BCUT2D eigenvalue weighted by molar-refractivity contribution is 6.15. The highest BCUT2D eigenvalue weighted by Gasteiger charge is 2.30. The summed E-state index contributed by atoms with van der Waals surface area (Å²) >= 11 is 0. The Morgan fingerprint density at radius 2 is 0.787 bits per heavy atom. The molecule has 0 aliphatic carbocycles. The number of benzene rings is 9. The van der Waals surface area contributed by atoms with Crippen molar-refractivity contribution in [3.63, 3.8) is 0 Å². The number of nitrogens with zero attached hydrogens (tertiary/aromatic N) is 5. The van der Waals surface area contributed by atoms with Crippen LogP contribution in [-0.4, -0.2) is 13.7 Å². The van der Waals surface area contributed by atoms with Gasteiger partial charge in [0.25, 0.3) is 0 Å². The van der Waals surface area contributed by atoms with Gasteiger partial charge in [0.2, 0.25) is 0 Å². The van der Waals surface area contributed by atoms with Crippen molar-refractivity contribution in [3.05, 3.63) is 217 Å². The van der Waals surface area contributed by atoms with E-state index in [1.807, 2.05) is 12.1 Å². The predicted molar refractivity (Wildman–Crippen MR) is 251 cm³/mol. The number of aromatic nitrogens is 3. The normalized spacial score (nSPS) is 11.6. The molecule has 0 N–H and O–H groups in total. The SMILES string of the molecule is [C-]#[N+]c1cc(C#N)cc(-c2cc(-n3c4ccccc4c4ccccc43)c(-n3c4ccccc4c4ccccc43)c(-n3c4ccccc4c4ccccc43)c2-c2ccccc2)c1. The summed E-state index contributed by atoms with van der Waals surface area (Å²) in [6, 6.07) is 72.8. The van der Waals surface area contributed by atoms with Gasteiger partial charge < -0.3 is 13.7 Å². The Hall–Kier alpha value is -8.64. The monoisotopic (exact) mass is 775 g/mol. The number of hydrogen-bond acceptors (Lipinski definition) is 1. The van der Waals surface area contributed by atoms with Gasteiger partial charge in [0, 0.05) is 43.4 Å². The average molecular weight is 776 g/mol. The van der Waals surface area contributed by atoms with Crippen LogP contribution < -0.4 is 0 Å². The zero-order valence-corrected chi connectivity index (χ0v) is 32.8. The lowest BCUT2D eigenvalue weighted by Gasteiger charge is -2.27. The summed E-state index contributed by atoms with van der Waals surface area (Å²) in [7, 11) is 0. The second-order valence-electron chi connectivity index (χ2n) is 15.5. The molecule has 0 saturated carbocycles. The molecule has 3 heterocycles. The molecule has 3 aromatic heterocycles. The first-order valence-corrected chi connectivity index (χ1v) is 20.4. The Bertz CT molecular complexity index is 3650. The molecule has 0 unspecified atom stereocenters. The minimum absolute atomic E-state index is 0.413. The molecule has 0 aliphatic rings. The minimum Gasteiger partial charge on any atom is -0.307 e. The molecular formula is C56H33N5. The molecule has 0 atom stereocenters. The quantitative estimate of drug-likeness (QED) is 0.161. The molecule has 12 rings (SSSR count). The van der Waals surface area contributed by atoms with E-state index in [2.05, 4.69) is 207 Å². The van der Waals surface area contributed by atoms with E-state index in [-0.39, 0.29) is 0 Å². The van der Waals surface area contributed by atoms with Crippen molar-refractivity contribution >= 4 is 71.1 Å². The molecule has 61 heavy (non-hydrogen) atoms. The summed E-state index contributed by atoms with van der Waals surface area (Å²) in [5.41, 5.74) is 13.9. The largest absolute Gasteiger partial charge is 0.307 e. The molecule has 0 fully saturated rings. The van der Waals surface area contributed by atoms with Crippen LogP contribution in [0.25, 0.3) is 110 Å². The lowest BCUT2D eigenvalue weighted by atomic mass is 9.89. The van der Waals surface area contributed by atoms with E-state index in [1.54, 1.807) is 6.07 Å². The molecule has 0 bridgehead atoms. The van der Waals surface area contributed by atoms with Crippen molar-refractivity contribution in [2.75, 3.05) is 0 Å². The zero-order chi connectivity index (χ0) is 40.6. The Kier molecular flexibility index (Phi) is 7.59. The fourth-order valence-electron chi connectivity index (χ4n) is 9.78. The molecule has 5 heteroatoms. The van der Waals surface area contributed by atoms with Crippen molar-refractivity contribution in [2.45, 2.75) is 0 Å². The Labute approximate surface area is 351 Å². The molecular weight excluding hydrogens is 743 g/mol. The van der Waals surface area contributed by atoms with Gasteiger partial charge in [-0.3, -0.25) is 0 Å². The summed E-state index contributed by atoms with van der Waals surface area (Å²) in [6.45, 7) is 8.15. The van der Waals surface area contributed by atoms with Gasteiger partial charge >= 0.3 is 0 Å². The molecule has 5 nitrogen and oxygen atoms in total. The maximum Gasteiger partial charge on any atom is 0.189 e. The average Bonchev–Trinajstić information content (AvgIpc) is 3.97. The van der Waals surface area contributed by atoms with Gasteiger partial charge in [-0.05, 0) is 77.4 Å². The van der Waals surface area contributed by atoms with E-state index >= 15 is 0 Å². The first-order valence-electron chi connectivity index (χ1n) is 20.4. The summed E-state index contributed by atoms with van der Waals surface area (Å²) in [6.07, 6.45) is 0. The fourth-order valence-corrected chi connectivity index (χ4v) is 9.78. The van der Waals surface area contributed by atoms with Crippen molar-refractivity contribution in [2.24, 2.45) is 0 Å². The standard InChI is InChI=1S/C56H33N5/c1-58-39-32-36(35-57)31-38(33-39)46-34-53(59-47-25-11-5-19-40(47)41-20-6-12-26-48(41)59)55(60-49-27-13-7-21-42(49)43-22-8-14-28-50(43)60)56(54(46)37-17-3-2-4-18-37)61-51-29-15-9-23-44(51)45-24-10-16-30-52(45)61/h2-34H. The Morgan fingerprint density at radius 3 is 1.21 bits per heavy atom. The Morgan fingerprint density at radius 1 is 0.393 bits per heavy atom. The third kappa shape index (κ3) is 5.05. The van der Waals surface area contributed by atoms with E-state index in [0.717, 1.165) is 105 Å². The van der Waals surface area contributed by atoms with E-state index in [9.17, 15) is 5.26 Å². The number of para-hydroxylation sites is 6. The number of nitriles is 1. The van der Waals surface area contributed by atoms with Crippen LogP contribution in [0.3, 0.4) is 0 Å². The van der Waals surface area contributed by atoms with Gasteiger partial charge in [-0.25, -0.2) is 4.85 Å². The molecule has 0 amide bonds. The molecule has 9 aromatic carbocycles. The van der Waals surface area contributed by atoms with Gasteiger partial charge in [-0.1, -0.05) is 140 Å². The minimum atomic E-state index is 0.413. The summed E-state index contributed by atoms with van der Waals surface area (Å²) in [4.78, 5) is 3.89. The highest BCUT2D eigenvalue weighted by atomic mass is 15.1. The van der Waals surface area contributed by atoms with Crippen molar-refractivity contribution < 1.29 is 0 Å². The summed E-state index contributed by atoms with van der Waals surface area (Å²) in [5, 5.41) is 17.3. The van der Waals surface area contributed by atoms with E-state index in [1.165, 1.54) is 0 Å². The smallest absolute Gasteiger partial charge is 0.189 e. The van der Waals surface area contributed by atoms with Crippen LogP contribution in [0.15, 0.2) is 200 Å². The lowest BCUT2D eigenvalue weighted by Crippen LogP contribution is -2.12. The number of rotatable bonds is 5. The van der Waals surface area contributed by atoms with Crippen molar-refractivity contribution in [3.8, 4) is 45.4 Å². The third-order valence-corrected chi connectivity index (χ3v) is 12.2. The Balaban J connectivity index is 1.43. The van der Waals surface area contributed by atoms with Crippen LogP contribution in [-0.2, 0) is 0 Å². The first kappa shape index (κ1) is 34.4. The van der Waals surface area contributed by atoms with Crippen LogP contribution >= 0.6 is 0 Å².